The molecule has 148 heavy (non-hydrogen) atoms. The Bertz CT molecular complexity index is 4970. The predicted molar refractivity (Wildman–Crippen MR) is 528 cm³/mol. The van der Waals surface area contributed by atoms with Crippen LogP contribution in [0.15, 0.2) is 24.9 Å². The Morgan fingerprint density at radius 1 is 0.541 bits per heavy atom. The number of rotatable bonds is 44. The fraction of sp³-hybridized carbons (Fsp3) is 0.692. The number of aliphatic hydroxyl groups excluding tert-OH is 2. The van der Waals surface area contributed by atoms with Gasteiger partial charge in [0.15, 0.2) is 23.5 Å². The van der Waals surface area contributed by atoms with Crippen LogP contribution < -0.4 is 114 Å². The normalized spacial score (nSPS) is 24.8. The molecule has 4 bridgehead atoms. The van der Waals surface area contributed by atoms with Crippen LogP contribution in [0.3, 0.4) is 0 Å². The Hall–Kier alpha value is -13.5. The van der Waals surface area contributed by atoms with Gasteiger partial charge in [0.1, 0.15) is 78.9 Å². The molecule has 0 saturated carbocycles. The number of ether oxygens (including phenoxy) is 3. The summed E-state index contributed by atoms with van der Waals surface area (Å²) >= 11 is 1.83. The molecule has 5 aliphatic heterocycles. The third-order valence-electron chi connectivity index (χ3n) is 25.3. The van der Waals surface area contributed by atoms with E-state index in [4.69, 9.17) is 53.7 Å². The van der Waals surface area contributed by atoms with Gasteiger partial charge in [-0.1, -0.05) is 16.8 Å². The zero-order valence-corrected chi connectivity index (χ0v) is 84.3. The first kappa shape index (κ1) is 120. The van der Waals surface area contributed by atoms with Gasteiger partial charge in [-0.2, -0.15) is 11.8 Å². The third kappa shape index (κ3) is 42.0. The summed E-state index contributed by atoms with van der Waals surface area (Å²) in [4.78, 5) is 275. The number of unbranched alkanes of at least 4 members (excludes halogenated alkanes) is 2. The first-order valence-electron chi connectivity index (χ1n) is 50.2. The first-order chi connectivity index (χ1) is 70.8. The van der Waals surface area contributed by atoms with Gasteiger partial charge < -0.3 is 148 Å². The number of guanidine groups is 2. The number of fused-ring (bicyclic) bond motifs is 6. The molecule has 0 radical (unpaired) electrons. The molecule has 17 amide bonds. The minimum absolute atomic E-state index is 0.00392. The predicted octanol–water partition coefficient (Wildman–Crippen LogP) is -8.72. The standard InChI is InChI=1S/C91H146N32O24S/c1-51-78(133)115-75(52(2)125)88(143)113-67(47-124)86(141)106-59(70(128)25-27-73(130)105-66-42-56-46-122(120-118-56)32-10-7-18-60(77(94)132)107-87(142)69-22-13-33-123(69)74(131)44-102-80(135)65(41-54-43-99-50-103-54)112-83(138)61(19-5-8-28-92)109-84(139)64(111-85(66)140)24-26-72(93)129)17-6-9-31-121-45-55(117-119-121)39-53(79(134)108-63(21-12-30-101-90(97)98)82(137)110-62(81(136)104-51)20-11-29-100-89(95)96)40-58(127)48-147-38-37-146-36-35-145-34-14-16-57(126)15-3-4-23-71-76-68(49-148-71)114-91(144)116-76/h43,45-46,50-53,59-69,71,75-76,124-125H,3-42,44,47-49,92H2,1-2H3,(H2,93,129)(H2,94,132)(H,99,103)(H,102,135)(H,104,136)(H,105,130)(H,106,141)(H,107,142)(H,108,134)(H,109,139)(H,110,137)(H,111,140)(H,112,138)(H,113,143)(H,115,133)(H4,95,96,100)(H4,97,98,101)(H2,114,116,144)/t51-,52?,53+,59-,60-,61-,62-,63-,64-,65-,66-,67-,68+,69-,71+,75-,76+/m0/s1. The summed E-state index contributed by atoms with van der Waals surface area (Å²) < 4.78 is 19.8. The summed E-state index contributed by atoms with van der Waals surface area (Å²) in [5.74, 6) is -17.1. The fourth-order valence-electron chi connectivity index (χ4n) is 17.2. The van der Waals surface area contributed by atoms with E-state index in [0.29, 0.717) is 44.0 Å². The van der Waals surface area contributed by atoms with Crippen molar-refractivity contribution < 1.29 is 116 Å². The Morgan fingerprint density at radius 3 is 1.72 bits per heavy atom. The van der Waals surface area contributed by atoms with E-state index in [0.717, 1.165) is 31.9 Å². The van der Waals surface area contributed by atoms with Crippen molar-refractivity contribution >= 4 is 136 Å². The van der Waals surface area contributed by atoms with Gasteiger partial charge in [-0.15, -0.1) is 10.2 Å². The Kier molecular flexibility index (Phi) is 51.1. The molecule has 5 aliphatic rings. The molecule has 3 aromatic rings. The van der Waals surface area contributed by atoms with E-state index in [1.54, 1.807) is 0 Å². The molecule has 3 fully saturated rings. The van der Waals surface area contributed by atoms with Gasteiger partial charge in [-0.05, 0) is 142 Å². The lowest BCUT2D eigenvalue weighted by Crippen LogP contribution is -2.61. The average molecular weight is 2100 g/mol. The van der Waals surface area contributed by atoms with Crippen molar-refractivity contribution in [3.05, 3.63) is 42.0 Å². The minimum atomic E-state index is -1.95. The maximum absolute atomic E-state index is 15.0. The molecule has 56 nitrogen and oxygen atoms in total. The average Bonchev–Trinajstić information content (AvgIpc) is 1.66. The third-order valence-corrected chi connectivity index (χ3v) is 26.8. The lowest BCUT2D eigenvalue weighted by molar-refractivity contribution is -0.140. The van der Waals surface area contributed by atoms with Crippen molar-refractivity contribution in [2.45, 2.75) is 309 Å². The lowest BCUT2D eigenvalue weighted by atomic mass is 9.95. The zero-order chi connectivity index (χ0) is 108. The number of nitrogens with zero attached hydrogens (tertiary/aromatic N) is 8. The fourth-order valence-corrected chi connectivity index (χ4v) is 18.7. The van der Waals surface area contributed by atoms with Crippen LogP contribution in [0.5, 0.6) is 0 Å². The highest BCUT2D eigenvalue weighted by Crippen LogP contribution is 2.34. The molecular formula is C91H146N32O24S. The van der Waals surface area contributed by atoms with Crippen LogP contribution in [0.2, 0.25) is 0 Å². The number of nitrogens with one attached hydrogen (secondary N) is 19. The second-order valence-corrected chi connectivity index (χ2v) is 38.4. The Labute approximate surface area is 858 Å². The molecule has 1 unspecified atom stereocenters. The maximum Gasteiger partial charge on any atom is 0.315 e. The topological polar surface area (TPSA) is 856 Å². The number of Topliss-reactive ketones (excluding diaryl/α,β-unsaturated/α-hetero) is 3. The monoisotopic (exact) mass is 2100 g/mol. The number of hydrogen-bond acceptors (Lipinski definition) is 33. The first-order valence-corrected chi connectivity index (χ1v) is 51.3. The van der Waals surface area contributed by atoms with Crippen molar-refractivity contribution in [2.75, 3.05) is 84.7 Å². The highest BCUT2D eigenvalue weighted by molar-refractivity contribution is 8.00. The maximum atomic E-state index is 15.0. The van der Waals surface area contributed by atoms with Crippen LogP contribution in [-0.4, -0.2) is 360 Å². The zero-order valence-electron chi connectivity index (χ0n) is 83.5. The number of primary amides is 2. The van der Waals surface area contributed by atoms with E-state index in [9.17, 15) is 96.5 Å². The van der Waals surface area contributed by atoms with Crippen LogP contribution >= 0.6 is 11.8 Å². The van der Waals surface area contributed by atoms with E-state index < -0.39 is 255 Å². The number of aliphatic hydroxyl groups is 2. The Morgan fingerprint density at radius 2 is 1.11 bits per heavy atom. The second kappa shape index (κ2) is 63.2. The number of hydrogen-bond donors (Lipinski definition) is 26. The van der Waals surface area contributed by atoms with Gasteiger partial charge in [0.05, 0.1) is 93.1 Å². The quantitative estimate of drug-likeness (QED) is 0.0108. The van der Waals surface area contributed by atoms with E-state index >= 15 is 4.79 Å². The molecule has 820 valence electrons. The van der Waals surface area contributed by atoms with E-state index in [1.165, 1.54) is 46.1 Å². The highest BCUT2D eigenvalue weighted by Gasteiger charge is 2.44. The Balaban J connectivity index is 1.01. The number of imidazole rings is 1. The number of urea groups is 1. The lowest BCUT2D eigenvalue weighted by Gasteiger charge is -2.27. The molecule has 0 aliphatic carbocycles. The van der Waals surface area contributed by atoms with Crippen LogP contribution in [-0.2, 0) is 133 Å². The molecule has 0 spiro atoms. The summed E-state index contributed by atoms with van der Waals surface area (Å²) in [5, 5.41) is 96.2. The van der Waals surface area contributed by atoms with Gasteiger partial charge in [0, 0.05) is 127 Å². The number of aryl methyl sites for hydroxylation is 2. The summed E-state index contributed by atoms with van der Waals surface area (Å²) in [7, 11) is 0. The van der Waals surface area contributed by atoms with Crippen LogP contribution in [0.1, 0.15) is 198 Å². The number of aromatic amines is 1. The van der Waals surface area contributed by atoms with E-state index in [2.05, 4.69) is 116 Å². The molecule has 8 rings (SSSR count). The molecule has 0 aromatic carbocycles. The number of carbonyl (C=O) groups excluding carboxylic acids is 19. The minimum Gasteiger partial charge on any atom is -0.394 e. The van der Waals surface area contributed by atoms with Gasteiger partial charge in [0.2, 0.25) is 88.6 Å². The van der Waals surface area contributed by atoms with Crippen molar-refractivity contribution in [1.29, 1.82) is 10.8 Å². The number of H-pyrrole nitrogens is 1. The van der Waals surface area contributed by atoms with Crippen LogP contribution in [0.4, 0.5) is 4.79 Å². The molecule has 31 N–H and O–H groups in total. The van der Waals surface area contributed by atoms with Crippen molar-refractivity contribution in [1.82, 2.24) is 130 Å². The molecule has 57 heteroatoms. The molecule has 17 atom stereocenters. The number of ketones is 3. The van der Waals surface area contributed by atoms with Gasteiger partial charge in [-0.3, -0.25) is 106 Å². The van der Waals surface area contributed by atoms with Crippen LogP contribution in [0.25, 0.3) is 0 Å². The molecule has 3 aromatic heterocycles. The highest BCUT2D eigenvalue weighted by atomic mass is 32.2. The van der Waals surface area contributed by atoms with Crippen LogP contribution in [0, 0.1) is 16.7 Å². The van der Waals surface area contributed by atoms with Gasteiger partial charge in [-0.25, -0.2) is 9.78 Å². The summed E-state index contributed by atoms with van der Waals surface area (Å²) in [6.45, 7) is 1.01. The largest absolute Gasteiger partial charge is 0.394 e. The number of nitrogens with two attached hydrogens (primary N) is 5. The number of carbonyl (C=O) groups is 19. The number of thioether (sulfide) groups is 1. The molecular weight excluding hydrogens is 1960 g/mol. The molecule has 3 saturated heterocycles. The smallest absolute Gasteiger partial charge is 0.315 e. The number of amides is 17. The van der Waals surface area contributed by atoms with Gasteiger partial charge in [0.25, 0.3) is 0 Å². The van der Waals surface area contributed by atoms with Crippen molar-refractivity contribution in [3.8, 4) is 0 Å². The summed E-state index contributed by atoms with van der Waals surface area (Å²) in [5.41, 5.74) is 28.9. The van der Waals surface area contributed by atoms with E-state index in [1.807, 2.05) is 11.8 Å². The molecule has 8 heterocycles. The second-order valence-electron chi connectivity index (χ2n) is 37.2. The summed E-state index contributed by atoms with van der Waals surface area (Å²) in [6, 6.07) is -18.7. The van der Waals surface area contributed by atoms with Crippen molar-refractivity contribution in [2.24, 2.45) is 34.6 Å². The summed E-state index contributed by atoms with van der Waals surface area (Å²) in [6.07, 6.45) is 4.91. The van der Waals surface area contributed by atoms with Gasteiger partial charge >= 0.3 is 6.03 Å². The number of aromatic nitrogens is 8. The van der Waals surface area contributed by atoms with E-state index in [-0.39, 0.29) is 203 Å². The van der Waals surface area contributed by atoms with Crippen molar-refractivity contribution in [3.63, 3.8) is 0 Å². The SMILES string of the molecule is CC(O)[C@@H]1NC(=O)[C@H](C)NC(=O)[C@H](CCCNC(=N)N)NC(=O)[C@H](CCCNC(=N)N)NC(=O)[C@@H](CC(=O)COCCOCCOCCCC(=O)CCCC[C@H]2SC[C@H]3NC(=O)N[C@H]32)Cc2cn(nn2)CCCC[C@@H](C(=O)CCC(=O)N[C@H]2Cc3cn(nn3)CCCC[C@@H](C(N)=O)NC(=O)[C@@H]3CCCN3C(=O)CNC(=O)[C@H](Cc3c[nH]cn3)NC(=O)[C@H](CCCCN)NC(=O)[C@H](CCC(N)=O)NC2=O)NC(=O)[C@H](CO)NC1=O.